The van der Waals surface area contributed by atoms with E-state index < -0.39 is 0 Å². The Hall–Kier alpha value is -2.64. The van der Waals surface area contributed by atoms with Crippen LogP contribution in [0.4, 0.5) is 5.82 Å². The summed E-state index contributed by atoms with van der Waals surface area (Å²) in [6.07, 6.45) is 7.35. The lowest BCUT2D eigenvalue weighted by Gasteiger charge is -2.34. The van der Waals surface area contributed by atoms with Gasteiger partial charge in [0, 0.05) is 38.6 Å². The molecule has 2 saturated heterocycles. The predicted molar refractivity (Wildman–Crippen MR) is 118 cm³/mol. The van der Waals surface area contributed by atoms with Gasteiger partial charge in [0.2, 0.25) is 0 Å². The summed E-state index contributed by atoms with van der Waals surface area (Å²) in [5.41, 5.74) is 3.11. The standard InChI is InChI=1S/C23H30N6O/c1-27-12-14-28(15-13-27)22-10-4-9-21-26-19(16-29(21)22)17-6-3-7-18(25-17)23-20(30-2)8-5-11-24-23/h4-5,8-11,16-18,25H,3,6-7,12-15H2,1-2H3/t17-,18+/m1/s1. The third-order valence-electron chi connectivity index (χ3n) is 6.41. The highest BCUT2D eigenvalue weighted by atomic mass is 16.5. The zero-order chi connectivity index (χ0) is 20.5. The number of aromatic nitrogens is 3. The fourth-order valence-electron chi connectivity index (χ4n) is 4.70. The lowest BCUT2D eigenvalue weighted by molar-refractivity contribution is 0.309. The second kappa shape index (κ2) is 8.24. The van der Waals surface area contributed by atoms with Gasteiger partial charge in [0.15, 0.2) is 0 Å². The Labute approximate surface area is 177 Å². The average Bonchev–Trinajstić information content (AvgIpc) is 3.24. The van der Waals surface area contributed by atoms with Gasteiger partial charge < -0.3 is 19.9 Å². The van der Waals surface area contributed by atoms with Crippen LogP contribution in [0.2, 0.25) is 0 Å². The van der Waals surface area contributed by atoms with Gasteiger partial charge in [0.1, 0.15) is 17.2 Å². The summed E-state index contributed by atoms with van der Waals surface area (Å²) in [5.74, 6) is 2.08. The average molecular weight is 407 g/mol. The maximum absolute atomic E-state index is 5.55. The molecule has 1 N–H and O–H groups in total. The number of fused-ring (bicyclic) bond motifs is 1. The number of piperidine rings is 1. The van der Waals surface area contributed by atoms with Crippen molar-refractivity contribution in [1.82, 2.24) is 24.6 Å². The molecule has 0 aromatic carbocycles. The van der Waals surface area contributed by atoms with Crippen LogP contribution in [0.25, 0.3) is 5.65 Å². The zero-order valence-corrected chi connectivity index (χ0v) is 17.8. The van der Waals surface area contributed by atoms with Gasteiger partial charge in [-0.15, -0.1) is 0 Å². The molecule has 3 aromatic rings. The first-order valence-electron chi connectivity index (χ1n) is 10.9. The van der Waals surface area contributed by atoms with E-state index in [4.69, 9.17) is 9.72 Å². The summed E-state index contributed by atoms with van der Waals surface area (Å²) in [5, 5.41) is 3.79. The van der Waals surface area contributed by atoms with Crippen molar-refractivity contribution in [1.29, 1.82) is 0 Å². The van der Waals surface area contributed by atoms with E-state index in [0.29, 0.717) is 0 Å². The molecule has 2 fully saturated rings. The minimum Gasteiger partial charge on any atom is -0.495 e. The first-order chi connectivity index (χ1) is 14.7. The summed E-state index contributed by atoms with van der Waals surface area (Å²) in [4.78, 5) is 14.4. The second-order valence-corrected chi connectivity index (χ2v) is 8.36. The van der Waals surface area contributed by atoms with Gasteiger partial charge in [-0.2, -0.15) is 0 Å². The summed E-state index contributed by atoms with van der Waals surface area (Å²) in [6, 6.07) is 10.7. The molecule has 7 nitrogen and oxygen atoms in total. The van der Waals surface area contributed by atoms with Crippen molar-refractivity contribution in [2.24, 2.45) is 0 Å². The molecule has 0 aliphatic carbocycles. The predicted octanol–water partition coefficient (Wildman–Crippen LogP) is 3.05. The van der Waals surface area contributed by atoms with Crippen LogP contribution in [0.3, 0.4) is 0 Å². The summed E-state index contributed by atoms with van der Waals surface area (Å²) in [6.45, 7) is 4.28. The highest BCUT2D eigenvalue weighted by Gasteiger charge is 2.28. The Balaban J connectivity index is 1.41. The van der Waals surface area contributed by atoms with E-state index in [0.717, 1.165) is 68.2 Å². The quantitative estimate of drug-likeness (QED) is 0.719. The number of anilines is 1. The fraction of sp³-hybridized carbons (Fsp3) is 0.478. The van der Waals surface area contributed by atoms with Gasteiger partial charge in [-0.1, -0.05) is 6.07 Å². The lowest BCUT2D eigenvalue weighted by atomic mass is 9.94. The number of nitrogens with one attached hydrogen (secondary N) is 1. The Bertz CT molecular complexity index is 1010. The van der Waals surface area contributed by atoms with Crippen molar-refractivity contribution in [3.63, 3.8) is 0 Å². The Kier molecular flexibility index (Phi) is 5.31. The number of hydrogen-bond acceptors (Lipinski definition) is 6. The van der Waals surface area contributed by atoms with E-state index in [1.165, 1.54) is 5.82 Å². The minimum atomic E-state index is 0.182. The number of pyridine rings is 2. The smallest absolute Gasteiger partial charge is 0.141 e. The van der Waals surface area contributed by atoms with E-state index >= 15 is 0 Å². The van der Waals surface area contributed by atoms with Crippen LogP contribution in [0, 0.1) is 0 Å². The molecule has 2 atom stereocenters. The number of nitrogens with zero attached hydrogens (tertiary/aromatic N) is 5. The molecule has 0 amide bonds. The van der Waals surface area contributed by atoms with Crippen molar-refractivity contribution in [2.75, 3.05) is 45.2 Å². The molecule has 158 valence electrons. The van der Waals surface area contributed by atoms with Gasteiger partial charge in [0.05, 0.1) is 30.6 Å². The van der Waals surface area contributed by atoms with Crippen molar-refractivity contribution in [3.05, 3.63) is 54.1 Å². The van der Waals surface area contributed by atoms with E-state index in [-0.39, 0.29) is 12.1 Å². The molecule has 0 bridgehead atoms. The van der Waals surface area contributed by atoms with Crippen LogP contribution >= 0.6 is 0 Å². The summed E-state index contributed by atoms with van der Waals surface area (Å²) >= 11 is 0. The molecule has 30 heavy (non-hydrogen) atoms. The molecular formula is C23H30N6O. The van der Waals surface area contributed by atoms with Gasteiger partial charge in [0.25, 0.3) is 0 Å². The highest BCUT2D eigenvalue weighted by Crippen LogP contribution is 2.35. The van der Waals surface area contributed by atoms with Crippen LogP contribution in [0.1, 0.15) is 42.7 Å². The van der Waals surface area contributed by atoms with Crippen molar-refractivity contribution in [3.8, 4) is 5.75 Å². The third kappa shape index (κ3) is 3.63. The number of ether oxygens (including phenoxy) is 1. The molecule has 0 radical (unpaired) electrons. The monoisotopic (exact) mass is 406 g/mol. The number of piperazine rings is 1. The Morgan fingerprint density at radius 3 is 2.70 bits per heavy atom. The lowest BCUT2D eigenvalue weighted by Crippen LogP contribution is -2.45. The van der Waals surface area contributed by atoms with Crippen LogP contribution < -0.4 is 15.0 Å². The molecule has 5 rings (SSSR count). The molecule has 7 heteroatoms. The van der Waals surface area contributed by atoms with E-state index in [9.17, 15) is 0 Å². The number of likely N-dealkylation sites (N-methyl/N-ethyl adjacent to an activating group) is 1. The largest absolute Gasteiger partial charge is 0.495 e. The Morgan fingerprint density at radius 1 is 1.03 bits per heavy atom. The normalized spacial score (nSPS) is 23.1. The fourth-order valence-corrected chi connectivity index (χ4v) is 4.70. The van der Waals surface area contributed by atoms with Gasteiger partial charge in [-0.25, -0.2) is 4.98 Å². The van der Waals surface area contributed by atoms with E-state index in [1.54, 1.807) is 7.11 Å². The van der Waals surface area contributed by atoms with Gasteiger partial charge in [-0.05, 0) is 50.6 Å². The topological polar surface area (TPSA) is 57.9 Å². The zero-order valence-electron chi connectivity index (χ0n) is 17.8. The third-order valence-corrected chi connectivity index (χ3v) is 6.41. The maximum atomic E-state index is 5.55. The van der Waals surface area contributed by atoms with Crippen LogP contribution in [0.5, 0.6) is 5.75 Å². The first kappa shape index (κ1) is 19.3. The first-order valence-corrected chi connectivity index (χ1v) is 10.9. The van der Waals surface area contributed by atoms with Gasteiger partial charge in [-0.3, -0.25) is 9.38 Å². The van der Waals surface area contributed by atoms with Gasteiger partial charge >= 0.3 is 0 Å². The second-order valence-electron chi connectivity index (χ2n) is 8.36. The van der Waals surface area contributed by atoms with Crippen molar-refractivity contribution in [2.45, 2.75) is 31.3 Å². The number of rotatable bonds is 4. The molecule has 3 aromatic heterocycles. The van der Waals surface area contributed by atoms with Crippen LogP contribution in [-0.2, 0) is 0 Å². The molecular weight excluding hydrogens is 376 g/mol. The van der Waals surface area contributed by atoms with Crippen molar-refractivity contribution >= 4 is 11.5 Å². The molecule has 0 unspecified atom stereocenters. The van der Waals surface area contributed by atoms with Crippen LogP contribution in [-0.4, -0.2) is 59.6 Å². The molecule has 2 aliphatic rings. The summed E-state index contributed by atoms with van der Waals surface area (Å²) in [7, 11) is 3.90. The Morgan fingerprint density at radius 2 is 1.87 bits per heavy atom. The maximum Gasteiger partial charge on any atom is 0.141 e. The molecule has 2 aliphatic heterocycles. The van der Waals surface area contributed by atoms with E-state index in [1.807, 2.05) is 18.3 Å². The SMILES string of the molecule is COc1cccnc1[C@@H]1CCC[C@H](c2cn3c(N4CCN(C)CC4)cccc3n2)N1. The molecule has 5 heterocycles. The van der Waals surface area contributed by atoms with Crippen LogP contribution in [0.15, 0.2) is 42.7 Å². The van der Waals surface area contributed by atoms with Crippen molar-refractivity contribution < 1.29 is 4.74 Å². The number of methoxy groups -OCH3 is 1. The molecule has 0 spiro atoms. The molecule has 0 saturated carbocycles. The highest BCUT2D eigenvalue weighted by molar-refractivity contribution is 5.53. The summed E-state index contributed by atoms with van der Waals surface area (Å²) < 4.78 is 7.80. The number of hydrogen-bond donors (Lipinski definition) is 1. The minimum absolute atomic E-state index is 0.182. The number of imidazole rings is 1. The van der Waals surface area contributed by atoms with E-state index in [2.05, 4.69) is 55.9 Å².